The van der Waals surface area contributed by atoms with Crippen LogP contribution in [0, 0.1) is 5.92 Å². The third kappa shape index (κ3) is 2.17. The summed E-state index contributed by atoms with van der Waals surface area (Å²) in [6, 6.07) is 8.50. The average molecular weight is 232 g/mol. The lowest BCUT2D eigenvalue weighted by Crippen LogP contribution is -2.47. The molecule has 0 radical (unpaired) electrons. The van der Waals surface area contributed by atoms with Gasteiger partial charge in [-0.05, 0) is 31.9 Å². The molecular weight excluding hydrogens is 212 g/mol. The SMILES string of the molecule is CN(CC1CC1)C1COc2ccccc2C1N. The molecule has 1 aliphatic carbocycles. The number of ether oxygens (including phenoxy) is 1. The molecule has 2 aliphatic rings. The van der Waals surface area contributed by atoms with Crippen LogP contribution in [0.15, 0.2) is 24.3 Å². The summed E-state index contributed by atoms with van der Waals surface area (Å²) >= 11 is 0. The fourth-order valence-corrected chi connectivity index (χ4v) is 2.62. The van der Waals surface area contributed by atoms with E-state index in [-0.39, 0.29) is 6.04 Å². The van der Waals surface area contributed by atoms with Gasteiger partial charge in [-0.3, -0.25) is 4.90 Å². The normalized spacial score (nSPS) is 27.7. The molecule has 2 N–H and O–H groups in total. The van der Waals surface area contributed by atoms with Gasteiger partial charge in [-0.15, -0.1) is 0 Å². The van der Waals surface area contributed by atoms with Crippen LogP contribution in [0.25, 0.3) is 0 Å². The van der Waals surface area contributed by atoms with E-state index in [1.807, 2.05) is 18.2 Å². The van der Waals surface area contributed by atoms with Crippen molar-refractivity contribution in [2.45, 2.75) is 24.9 Å². The Hall–Kier alpha value is -1.06. The Morgan fingerprint density at radius 2 is 2.12 bits per heavy atom. The first-order valence-electron chi connectivity index (χ1n) is 6.43. The van der Waals surface area contributed by atoms with E-state index in [0.717, 1.165) is 23.8 Å². The van der Waals surface area contributed by atoms with Crippen molar-refractivity contribution in [3.8, 4) is 5.75 Å². The van der Waals surface area contributed by atoms with Crippen LogP contribution in [-0.2, 0) is 0 Å². The molecule has 3 rings (SSSR count). The number of para-hydroxylation sites is 1. The maximum Gasteiger partial charge on any atom is 0.124 e. The summed E-state index contributed by atoms with van der Waals surface area (Å²) in [4.78, 5) is 2.37. The summed E-state index contributed by atoms with van der Waals surface area (Å²) in [5, 5.41) is 0. The summed E-state index contributed by atoms with van der Waals surface area (Å²) in [5.74, 6) is 1.85. The van der Waals surface area contributed by atoms with E-state index in [4.69, 9.17) is 10.5 Å². The highest BCUT2D eigenvalue weighted by Gasteiger charge is 2.33. The molecule has 0 bridgehead atoms. The number of fused-ring (bicyclic) bond motifs is 1. The zero-order valence-electron chi connectivity index (χ0n) is 10.3. The van der Waals surface area contributed by atoms with Crippen LogP contribution in [0.5, 0.6) is 5.75 Å². The summed E-state index contributed by atoms with van der Waals surface area (Å²) in [7, 11) is 2.17. The monoisotopic (exact) mass is 232 g/mol. The number of nitrogens with two attached hydrogens (primary N) is 1. The van der Waals surface area contributed by atoms with Gasteiger partial charge in [0.25, 0.3) is 0 Å². The molecule has 0 aromatic heterocycles. The molecule has 1 aromatic rings. The molecule has 1 aromatic carbocycles. The molecule has 3 heteroatoms. The first-order valence-corrected chi connectivity index (χ1v) is 6.43. The molecule has 2 unspecified atom stereocenters. The zero-order valence-corrected chi connectivity index (χ0v) is 10.3. The van der Waals surface area contributed by atoms with Crippen molar-refractivity contribution in [1.82, 2.24) is 4.90 Å². The predicted molar refractivity (Wildman–Crippen MR) is 68.0 cm³/mol. The van der Waals surface area contributed by atoms with Gasteiger partial charge < -0.3 is 10.5 Å². The topological polar surface area (TPSA) is 38.5 Å². The van der Waals surface area contributed by atoms with E-state index < -0.39 is 0 Å². The lowest BCUT2D eigenvalue weighted by Gasteiger charge is -2.37. The van der Waals surface area contributed by atoms with Gasteiger partial charge in [0.1, 0.15) is 12.4 Å². The van der Waals surface area contributed by atoms with Crippen molar-refractivity contribution in [2.75, 3.05) is 20.2 Å². The van der Waals surface area contributed by atoms with Crippen LogP contribution >= 0.6 is 0 Å². The van der Waals surface area contributed by atoms with Gasteiger partial charge in [0, 0.05) is 12.1 Å². The van der Waals surface area contributed by atoms with E-state index in [9.17, 15) is 0 Å². The van der Waals surface area contributed by atoms with Crippen molar-refractivity contribution in [3.63, 3.8) is 0 Å². The van der Waals surface area contributed by atoms with E-state index in [2.05, 4.69) is 18.0 Å². The quantitative estimate of drug-likeness (QED) is 0.863. The molecule has 0 spiro atoms. The largest absolute Gasteiger partial charge is 0.492 e. The number of rotatable bonds is 3. The first-order chi connectivity index (χ1) is 8.25. The van der Waals surface area contributed by atoms with Gasteiger partial charge in [0.2, 0.25) is 0 Å². The highest BCUT2D eigenvalue weighted by molar-refractivity contribution is 5.38. The van der Waals surface area contributed by atoms with Crippen LogP contribution in [-0.4, -0.2) is 31.1 Å². The van der Waals surface area contributed by atoms with Crippen LogP contribution < -0.4 is 10.5 Å². The van der Waals surface area contributed by atoms with E-state index in [1.165, 1.54) is 12.8 Å². The van der Waals surface area contributed by atoms with Gasteiger partial charge in [0.15, 0.2) is 0 Å². The van der Waals surface area contributed by atoms with Crippen LogP contribution in [0.2, 0.25) is 0 Å². The van der Waals surface area contributed by atoms with Crippen molar-refractivity contribution in [2.24, 2.45) is 11.7 Å². The second-order valence-electron chi connectivity index (χ2n) is 5.32. The predicted octanol–water partition coefficient (Wildman–Crippen LogP) is 1.79. The Bertz CT molecular complexity index is 403. The minimum absolute atomic E-state index is 0.0729. The average Bonchev–Trinajstić information content (AvgIpc) is 3.13. The number of benzene rings is 1. The molecular formula is C14H20N2O. The van der Waals surface area contributed by atoms with Gasteiger partial charge in [-0.1, -0.05) is 18.2 Å². The molecule has 3 nitrogen and oxygen atoms in total. The molecule has 1 aliphatic heterocycles. The second-order valence-corrected chi connectivity index (χ2v) is 5.32. The molecule has 0 amide bonds. The smallest absolute Gasteiger partial charge is 0.124 e. The number of hydrogen-bond acceptors (Lipinski definition) is 3. The van der Waals surface area contributed by atoms with E-state index in [1.54, 1.807) is 0 Å². The number of hydrogen-bond donors (Lipinski definition) is 1. The number of nitrogens with zero attached hydrogens (tertiary/aromatic N) is 1. The maximum atomic E-state index is 6.37. The Labute approximate surface area is 103 Å². The van der Waals surface area contributed by atoms with Gasteiger partial charge in [0.05, 0.1) is 12.1 Å². The lowest BCUT2D eigenvalue weighted by atomic mass is 9.96. The third-order valence-corrected chi connectivity index (χ3v) is 3.91. The minimum atomic E-state index is 0.0729. The Morgan fingerprint density at radius 1 is 1.35 bits per heavy atom. The standard InChI is InChI=1S/C14H20N2O/c1-16(8-10-6-7-10)12-9-17-13-5-3-2-4-11(13)14(12)15/h2-5,10,12,14H,6-9,15H2,1H3. The summed E-state index contributed by atoms with van der Waals surface area (Å²) in [6.07, 6.45) is 2.76. The highest BCUT2D eigenvalue weighted by atomic mass is 16.5. The maximum absolute atomic E-state index is 6.37. The number of likely N-dealkylation sites (N-methyl/N-ethyl adjacent to an activating group) is 1. The molecule has 2 atom stereocenters. The highest BCUT2D eigenvalue weighted by Crippen LogP contribution is 2.35. The van der Waals surface area contributed by atoms with E-state index in [0.29, 0.717) is 12.6 Å². The van der Waals surface area contributed by atoms with Crippen molar-refractivity contribution in [1.29, 1.82) is 0 Å². The van der Waals surface area contributed by atoms with Crippen LogP contribution in [0.4, 0.5) is 0 Å². The van der Waals surface area contributed by atoms with Crippen molar-refractivity contribution >= 4 is 0 Å². The second kappa shape index (κ2) is 4.31. The molecule has 0 saturated heterocycles. The van der Waals surface area contributed by atoms with Gasteiger partial charge in [-0.25, -0.2) is 0 Å². The fraction of sp³-hybridized carbons (Fsp3) is 0.571. The molecule has 1 heterocycles. The summed E-state index contributed by atoms with van der Waals surface area (Å²) in [5.41, 5.74) is 7.51. The van der Waals surface area contributed by atoms with Crippen molar-refractivity contribution in [3.05, 3.63) is 29.8 Å². The molecule has 92 valence electrons. The van der Waals surface area contributed by atoms with Crippen LogP contribution in [0.1, 0.15) is 24.4 Å². The molecule has 1 saturated carbocycles. The zero-order chi connectivity index (χ0) is 11.8. The third-order valence-electron chi connectivity index (χ3n) is 3.91. The summed E-state index contributed by atoms with van der Waals surface area (Å²) in [6.45, 7) is 1.87. The van der Waals surface area contributed by atoms with Gasteiger partial charge >= 0.3 is 0 Å². The Kier molecular flexibility index (Phi) is 2.81. The lowest BCUT2D eigenvalue weighted by molar-refractivity contribution is 0.116. The van der Waals surface area contributed by atoms with E-state index >= 15 is 0 Å². The summed E-state index contributed by atoms with van der Waals surface area (Å²) < 4.78 is 5.81. The minimum Gasteiger partial charge on any atom is -0.492 e. The van der Waals surface area contributed by atoms with Gasteiger partial charge in [-0.2, -0.15) is 0 Å². The molecule has 17 heavy (non-hydrogen) atoms. The molecule has 1 fully saturated rings. The fourth-order valence-electron chi connectivity index (χ4n) is 2.62. The Morgan fingerprint density at radius 3 is 2.88 bits per heavy atom. The Balaban J connectivity index is 1.75. The van der Waals surface area contributed by atoms with Crippen molar-refractivity contribution < 1.29 is 4.74 Å². The first kappa shape index (κ1) is 11.1. The van der Waals surface area contributed by atoms with Crippen LogP contribution in [0.3, 0.4) is 0 Å².